The number of non-ortho nitro benzene ring substituents is 1. The van der Waals surface area contributed by atoms with Crippen LogP contribution in [0.3, 0.4) is 0 Å². The Balaban J connectivity index is 2.01. The summed E-state index contributed by atoms with van der Waals surface area (Å²) in [5, 5.41) is 12.9. The molecule has 3 rings (SSSR count). The van der Waals surface area contributed by atoms with E-state index in [0.717, 1.165) is 43.5 Å². The van der Waals surface area contributed by atoms with E-state index in [1.165, 1.54) is 6.07 Å². The molecule has 3 amide bonds. The summed E-state index contributed by atoms with van der Waals surface area (Å²) in [4.78, 5) is 48.7. The number of amides is 3. The van der Waals surface area contributed by atoms with Crippen molar-refractivity contribution >= 4 is 39.7 Å². The molecule has 0 aromatic heterocycles. The number of nitro benzene ring substituents is 1. The van der Waals surface area contributed by atoms with Gasteiger partial charge in [-0.15, -0.1) is 0 Å². The van der Waals surface area contributed by atoms with E-state index in [0.29, 0.717) is 4.90 Å². The Morgan fingerprint density at radius 1 is 1.18 bits per heavy atom. The Bertz CT molecular complexity index is 1170. The molecule has 1 atom stereocenters. The van der Waals surface area contributed by atoms with Crippen molar-refractivity contribution in [2.45, 2.75) is 6.04 Å². The zero-order valence-electron chi connectivity index (χ0n) is 16.7. The van der Waals surface area contributed by atoms with Crippen LogP contribution in [0.25, 0.3) is 0 Å². The smallest absolute Gasteiger partial charge is 0.427 e. The lowest BCUT2D eigenvalue weighted by atomic mass is 9.95. The maximum absolute atomic E-state index is 13.8. The molecule has 1 unspecified atom stereocenters. The number of halogens is 3. The van der Waals surface area contributed by atoms with Crippen LogP contribution in [-0.2, 0) is 9.53 Å². The first-order valence-corrected chi connectivity index (χ1v) is 10.2. The Hall–Kier alpha value is -3.87. The Labute approximate surface area is 193 Å². The molecule has 33 heavy (non-hydrogen) atoms. The molecule has 1 aliphatic rings. The van der Waals surface area contributed by atoms with Gasteiger partial charge in [-0.25, -0.2) is 23.2 Å². The zero-order valence-corrected chi connectivity index (χ0v) is 18.3. The van der Waals surface area contributed by atoms with Gasteiger partial charge in [0.05, 0.1) is 29.3 Å². The van der Waals surface area contributed by atoms with Gasteiger partial charge in [0.25, 0.3) is 5.69 Å². The van der Waals surface area contributed by atoms with Crippen LogP contribution < -0.4 is 10.1 Å². The Kier molecular flexibility index (Phi) is 7.01. The molecule has 1 N–H and O–H groups in total. The summed E-state index contributed by atoms with van der Waals surface area (Å²) >= 11 is 3.12. The van der Waals surface area contributed by atoms with Crippen LogP contribution in [0.1, 0.15) is 11.6 Å². The van der Waals surface area contributed by atoms with Crippen molar-refractivity contribution < 1.29 is 37.6 Å². The van der Waals surface area contributed by atoms with Crippen molar-refractivity contribution in [1.29, 1.82) is 0 Å². The number of benzene rings is 2. The quantitative estimate of drug-likeness (QED) is 0.270. The minimum absolute atomic E-state index is 0.0319. The van der Waals surface area contributed by atoms with Crippen LogP contribution in [0.2, 0.25) is 0 Å². The zero-order chi connectivity index (χ0) is 24.3. The monoisotopic (exact) mass is 525 g/mol. The normalized spacial score (nSPS) is 15.7. The van der Waals surface area contributed by atoms with Gasteiger partial charge < -0.3 is 14.8 Å². The Morgan fingerprint density at radius 3 is 2.39 bits per heavy atom. The fourth-order valence-electron chi connectivity index (χ4n) is 3.06. The van der Waals surface area contributed by atoms with E-state index in [4.69, 9.17) is 9.47 Å². The lowest BCUT2D eigenvalue weighted by Gasteiger charge is -2.34. The third kappa shape index (κ3) is 4.82. The van der Waals surface area contributed by atoms with E-state index in [2.05, 4.69) is 21.2 Å². The number of allylic oxidation sites excluding steroid dienone is 1. The summed E-state index contributed by atoms with van der Waals surface area (Å²) < 4.78 is 37.0. The SMILES string of the molecule is COC(=O)C1=C(CBr)N(C(=O)Oc2ccc([N+](=O)[O-])cc2)C(=O)NC1c1ccc(F)c(F)c1. The van der Waals surface area contributed by atoms with Gasteiger partial charge in [0.2, 0.25) is 0 Å². The topological polar surface area (TPSA) is 128 Å². The van der Waals surface area contributed by atoms with Crippen LogP contribution in [0.4, 0.5) is 24.1 Å². The van der Waals surface area contributed by atoms with E-state index in [-0.39, 0.29) is 33.6 Å². The lowest BCUT2D eigenvalue weighted by molar-refractivity contribution is -0.384. The minimum Gasteiger partial charge on any atom is -0.466 e. The maximum atomic E-state index is 13.8. The molecule has 13 heteroatoms. The molecule has 0 saturated carbocycles. The van der Waals surface area contributed by atoms with Gasteiger partial charge in [-0.2, -0.15) is 4.90 Å². The third-order valence-corrected chi connectivity index (χ3v) is 5.12. The summed E-state index contributed by atoms with van der Waals surface area (Å²) in [6, 6.07) is 5.03. The summed E-state index contributed by atoms with van der Waals surface area (Å²) in [5.41, 5.74) is -0.591. The minimum atomic E-state index is -1.25. The number of ether oxygens (including phenoxy) is 2. The average molecular weight is 526 g/mol. The van der Waals surface area contributed by atoms with Crippen molar-refractivity contribution in [3.8, 4) is 5.75 Å². The van der Waals surface area contributed by atoms with Gasteiger partial charge in [-0.3, -0.25) is 10.1 Å². The van der Waals surface area contributed by atoms with Crippen LogP contribution in [0.5, 0.6) is 5.75 Å². The molecule has 0 bridgehead atoms. The summed E-state index contributed by atoms with van der Waals surface area (Å²) in [7, 11) is 1.07. The summed E-state index contributed by atoms with van der Waals surface area (Å²) in [6.07, 6.45) is -1.22. The molecule has 10 nitrogen and oxygen atoms in total. The van der Waals surface area contributed by atoms with Gasteiger partial charge in [0.15, 0.2) is 11.6 Å². The number of nitrogens with zero attached hydrogens (tertiary/aromatic N) is 2. The first kappa shape index (κ1) is 23.8. The van der Waals surface area contributed by atoms with Crippen molar-refractivity contribution in [2.24, 2.45) is 0 Å². The number of alkyl halides is 1. The number of methoxy groups -OCH3 is 1. The van der Waals surface area contributed by atoms with Crippen molar-refractivity contribution in [2.75, 3.05) is 12.4 Å². The second kappa shape index (κ2) is 9.73. The van der Waals surface area contributed by atoms with Crippen molar-refractivity contribution in [3.63, 3.8) is 0 Å². The van der Waals surface area contributed by atoms with Gasteiger partial charge in [0, 0.05) is 17.5 Å². The molecule has 0 aliphatic carbocycles. The first-order valence-electron chi connectivity index (χ1n) is 9.07. The number of esters is 1. The number of nitrogens with one attached hydrogen (secondary N) is 1. The van der Waals surface area contributed by atoms with Crippen LogP contribution in [-0.4, -0.2) is 40.4 Å². The number of imide groups is 1. The molecular formula is C20H14BrF2N3O7. The van der Waals surface area contributed by atoms with Gasteiger partial charge >= 0.3 is 18.1 Å². The fraction of sp³-hybridized carbons (Fsp3) is 0.150. The molecule has 1 heterocycles. The highest BCUT2D eigenvalue weighted by Gasteiger charge is 2.41. The number of carbonyl (C=O) groups excluding carboxylic acids is 3. The van der Waals surface area contributed by atoms with Crippen molar-refractivity contribution in [3.05, 3.63) is 81.0 Å². The van der Waals surface area contributed by atoms with Gasteiger partial charge in [-0.1, -0.05) is 22.0 Å². The molecule has 0 spiro atoms. The molecule has 172 valence electrons. The van der Waals surface area contributed by atoms with Crippen LogP contribution in [0, 0.1) is 21.7 Å². The molecule has 0 fully saturated rings. The molecule has 0 radical (unpaired) electrons. The Morgan fingerprint density at radius 2 is 1.85 bits per heavy atom. The largest absolute Gasteiger partial charge is 0.466 e. The van der Waals surface area contributed by atoms with Crippen LogP contribution >= 0.6 is 15.9 Å². The standard InChI is InChI=1S/C20H14BrF2N3O7/c1-32-18(27)16-15(9-21)25(20(29)33-12-5-3-11(4-6-12)26(30)31)19(28)24-17(16)10-2-7-13(22)14(23)8-10/h2-8,17H,9H2,1H3,(H,24,28). The van der Waals surface area contributed by atoms with Gasteiger partial charge in [0.1, 0.15) is 5.75 Å². The number of nitro groups is 1. The highest BCUT2D eigenvalue weighted by atomic mass is 79.9. The maximum Gasteiger partial charge on any atom is 0.427 e. The molecule has 1 aliphatic heterocycles. The average Bonchev–Trinajstić information content (AvgIpc) is 2.79. The molecule has 2 aromatic carbocycles. The summed E-state index contributed by atoms with van der Waals surface area (Å²) in [6.45, 7) is 0. The third-order valence-electron chi connectivity index (χ3n) is 4.58. The second-order valence-electron chi connectivity index (χ2n) is 6.50. The highest BCUT2D eigenvalue weighted by Crippen LogP contribution is 2.33. The first-order chi connectivity index (χ1) is 15.7. The van der Waals surface area contributed by atoms with E-state index in [9.17, 15) is 33.3 Å². The highest BCUT2D eigenvalue weighted by molar-refractivity contribution is 9.09. The molecule has 0 saturated heterocycles. The lowest BCUT2D eigenvalue weighted by Crippen LogP contribution is -2.52. The predicted molar refractivity (Wildman–Crippen MR) is 111 cm³/mol. The van der Waals surface area contributed by atoms with E-state index in [1.54, 1.807) is 0 Å². The number of rotatable bonds is 5. The number of hydrogen-bond acceptors (Lipinski definition) is 7. The number of hydrogen-bond donors (Lipinski definition) is 1. The number of carbonyl (C=O) groups is 3. The number of urea groups is 1. The van der Waals surface area contributed by atoms with E-state index >= 15 is 0 Å². The molecule has 2 aromatic rings. The fourth-order valence-corrected chi connectivity index (χ4v) is 3.62. The van der Waals surface area contributed by atoms with Crippen molar-refractivity contribution in [1.82, 2.24) is 10.2 Å². The predicted octanol–water partition coefficient (Wildman–Crippen LogP) is 3.96. The van der Waals surface area contributed by atoms with E-state index < -0.39 is 40.7 Å². The molecular weight excluding hydrogens is 512 g/mol. The second-order valence-corrected chi connectivity index (χ2v) is 7.06. The van der Waals surface area contributed by atoms with Crippen LogP contribution in [0.15, 0.2) is 53.7 Å². The van der Waals surface area contributed by atoms with Gasteiger partial charge in [-0.05, 0) is 29.8 Å². The van der Waals surface area contributed by atoms with E-state index in [1.807, 2.05) is 0 Å². The summed E-state index contributed by atoms with van der Waals surface area (Å²) in [5.74, 6) is -3.37.